The Hall–Kier alpha value is -2.10. The molecule has 1 aromatic carbocycles. The van der Waals surface area contributed by atoms with E-state index in [0.29, 0.717) is 17.7 Å². The molecule has 2 aromatic rings. The number of hydrogen-bond donors (Lipinski definition) is 0. The first-order valence-electron chi connectivity index (χ1n) is 10.1. The molecule has 2 heterocycles. The predicted molar refractivity (Wildman–Crippen MR) is 104 cm³/mol. The van der Waals surface area contributed by atoms with Crippen LogP contribution in [0.1, 0.15) is 44.2 Å². The lowest BCUT2D eigenvalue weighted by Gasteiger charge is -2.40. The topological polar surface area (TPSA) is 38.1 Å². The van der Waals surface area contributed by atoms with Gasteiger partial charge in [-0.15, -0.1) is 0 Å². The number of hydrogen-bond acceptors (Lipinski definition) is 2. The van der Waals surface area contributed by atoms with E-state index in [1.165, 1.54) is 37.8 Å². The summed E-state index contributed by atoms with van der Waals surface area (Å²) in [5, 5.41) is 0. The fraction of sp³-hybridized carbons (Fsp3) is 0.545. The third kappa shape index (κ3) is 3.69. The average Bonchev–Trinajstić information content (AvgIpc) is 2.99. The zero-order valence-electron chi connectivity index (χ0n) is 15.7. The van der Waals surface area contributed by atoms with Crippen molar-refractivity contribution in [2.24, 2.45) is 11.8 Å². The zero-order valence-corrected chi connectivity index (χ0v) is 15.7. The highest BCUT2D eigenvalue weighted by Crippen LogP contribution is 2.29. The minimum Gasteiger partial charge on any atom is -0.342 e. The fourth-order valence-corrected chi connectivity index (χ4v) is 4.42. The van der Waals surface area contributed by atoms with Crippen LogP contribution in [0.15, 0.2) is 36.5 Å². The highest BCUT2D eigenvalue weighted by Gasteiger charge is 2.32. The van der Waals surface area contributed by atoms with Crippen molar-refractivity contribution in [3.63, 3.8) is 0 Å². The molecule has 0 spiro atoms. The number of imidazole rings is 1. The van der Waals surface area contributed by atoms with Crippen molar-refractivity contribution in [3.8, 4) is 11.4 Å². The molecule has 1 aliphatic heterocycles. The van der Waals surface area contributed by atoms with E-state index in [9.17, 15) is 4.79 Å². The van der Waals surface area contributed by atoms with E-state index in [2.05, 4.69) is 45.6 Å². The van der Waals surface area contributed by atoms with Gasteiger partial charge in [0.1, 0.15) is 5.82 Å². The van der Waals surface area contributed by atoms with Gasteiger partial charge in [-0.1, -0.05) is 49.6 Å². The standard InChI is InChI=1S/C22H29N3O/c1-17-13-23-22(20-10-6-3-7-11-20)25(17)16-19-14-24(15-19)21(26)12-18-8-4-2-5-9-18/h3,6-7,10-11,13,18-19H,2,4-5,8-9,12,14-16H2,1H3. The molecule has 1 aliphatic carbocycles. The molecule has 4 rings (SSSR count). The number of amides is 1. The first kappa shape index (κ1) is 17.3. The average molecular weight is 351 g/mol. The number of nitrogens with zero attached hydrogens (tertiary/aromatic N) is 3. The molecule has 0 atom stereocenters. The first-order chi connectivity index (χ1) is 12.7. The number of carbonyl (C=O) groups excluding carboxylic acids is 1. The van der Waals surface area contributed by atoms with Crippen LogP contribution in [-0.4, -0.2) is 33.4 Å². The van der Waals surface area contributed by atoms with E-state index >= 15 is 0 Å². The first-order valence-corrected chi connectivity index (χ1v) is 10.1. The molecule has 2 fully saturated rings. The number of aryl methyl sites for hydroxylation is 1. The predicted octanol–water partition coefficient (Wildman–Crippen LogP) is 4.29. The second-order valence-electron chi connectivity index (χ2n) is 8.07. The smallest absolute Gasteiger partial charge is 0.222 e. The second kappa shape index (κ2) is 7.65. The van der Waals surface area contributed by atoms with Crippen LogP contribution in [0.4, 0.5) is 0 Å². The van der Waals surface area contributed by atoms with E-state index in [-0.39, 0.29) is 0 Å². The van der Waals surface area contributed by atoms with Gasteiger partial charge < -0.3 is 9.47 Å². The molecule has 0 unspecified atom stereocenters. The van der Waals surface area contributed by atoms with Crippen molar-refractivity contribution >= 4 is 5.91 Å². The molecule has 1 aromatic heterocycles. The molecular weight excluding hydrogens is 322 g/mol. The van der Waals surface area contributed by atoms with Crippen LogP contribution < -0.4 is 0 Å². The summed E-state index contributed by atoms with van der Waals surface area (Å²) in [5.41, 5.74) is 2.35. The zero-order chi connectivity index (χ0) is 17.9. The maximum atomic E-state index is 12.5. The second-order valence-corrected chi connectivity index (χ2v) is 8.07. The van der Waals surface area contributed by atoms with Crippen molar-refractivity contribution in [2.45, 2.75) is 52.0 Å². The third-order valence-electron chi connectivity index (χ3n) is 6.03. The van der Waals surface area contributed by atoms with Gasteiger partial charge >= 0.3 is 0 Å². The summed E-state index contributed by atoms with van der Waals surface area (Å²) in [7, 11) is 0. The third-order valence-corrected chi connectivity index (χ3v) is 6.03. The van der Waals surface area contributed by atoms with Crippen molar-refractivity contribution in [1.82, 2.24) is 14.5 Å². The summed E-state index contributed by atoms with van der Waals surface area (Å²) < 4.78 is 2.31. The summed E-state index contributed by atoms with van der Waals surface area (Å²) in [4.78, 5) is 19.2. The SMILES string of the molecule is Cc1cnc(-c2ccccc2)n1CC1CN(C(=O)CC2CCCCC2)C1. The summed E-state index contributed by atoms with van der Waals surface area (Å²) in [5.74, 6) is 2.59. The Morgan fingerprint density at radius 1 is 1.08 bits per heavy atom. The van der Waals surface area contributed by atoms with Gasteiger partial charge in [0, 0.05) is 49.4 Å². The maximum Gasteiger partial charge on any atom is 0.222 e. The largest absolute Gasteiger partial charge is 0.342 e. The molecule has 138 valence electrons. The molecule has 0 radical (unpaired) electrons. The molecule has 1 saturated carbocycles. The highest BCUT2D eigenvalue weighted by atomic mass is 16.2. The van der Waals surface area contributed by atoms with Gasteiger partial charge in [-0.2, -0.15) is 0 Å². The monoisotopic (exact) mass is 351 g/mol. The Morgan fingerprint density at radius 2 is 1.81 bits per heavy atom. The summed E-state index contributed by atoms with van der Waals surface area (Å²) in [6, 6.07) is 10.4. The Bertz CT molecular complexity index is 740. The molecule has 26 heavy (non-hydrogen) atoms. The molecule has 4 heteroatoms. The molecule has 2 aliphatic rings. The van der Waals surface area contributed by atoms with Crippen LogP contribution in [0.3, 0.4) is 0 Å². The lowest BCUT2D eigenvalue weighted by Crippen LogP contribution is -2.51. The van der Waals surface area contributed by atoms with Crippen molar-refractivity contribution in [2.75, 3.05) is 13.1 Å². The number of rotatable bonds is 5. The van der Waals surface area contributed by atoms with Crippen LogP contribution in [-0.2, 0) is 11.3 Å². The Labute approximate surface area is 156 Å². The molecular formula is C22H29N3O. The van der Waals surface area contributed by atoms with Crippen LogP contribution in [0, 0.1) is 18.8 Å². The fourth-order valence-electron chi connectivity index (χ4n) is 4.42. The van der Waals surface area contributed by atoms with Gasteiger partial charge in [-0.3, -0.25) is 4.79 Å². The molecule has 1 amide bonds. The van der Waals surface area contributed by atoms with Gasteiger partial charge in [0.2, 0.25) is 5.91 Å². The van der Waals surface area contributed by atoms with Crippen LogP contribution in [0.25, 0.3) is 11.4 Å². The number of aromatic nitrogens is 2. The van der Waals surface area contributed by atoms with Crippen LogP contribution >= 0.6 is 0 Å². The van der Waals surface area contributed by atoms with Gasteiger partial charge in [0.25, 0.3) is 0 Å². The minimum absolute atomic E-state index is 0.374. The number of benzene rings is 1. The summed E-state index contributed by atoms with van der Waals surface area (Å²) >= 11 is 0. The van der Waals surface area contributed by atoms with Gasteiger partial charge in [-0.05, 0) is 25.7 Å². The molecule has 0 bridgehead atoms. The summed E-state index contributed by atoms with van der Waals surface area (Å²) in [6.07, 6.45) is 9.18. The van der Waals surface area contributed by atoms with E-state index < -0.39 is 0 Å². The van der Waals surface area contributed by atoms with E-state index in [0.717, 1.165) is 37.4 Å². The van der Waals surface area contributed by atoms with Crippen molar-refractivity contribution < 1.29 is 4.79 Å². The lowest BCUT2D eigenvalue weighted by atomic mass is 9.86. The van der Waals surface area contributed by atoms with Crippen LogP contribution in [0.5, 0.6) is 0 Å². The number of carbonyl (C=O) groups is 1. The van der Waals surface area contributed by atoms with Gasteiger partial charge in [-0.25, -0.2) is 4.98 Å². The van der Waals surface area contributed by atoms with E-state index in [1.807, 2.05) is 12.3 Å². The van der Waals surface area contributed by atoms with Crippen molar-refractivity contribution in [1.29, 1.82) is 0 Å². The quantitative estimate of drug-likeness (QED) is 0.806. The normalized spacial score (nSPS) is 18.7. The molecule has 4 nitrogen and oxygen atoms in total. The van der Waals surface area contributed by atoms with Crippen LogP contribution in [0.2, 0.25) is 0 Å². The maximum absolute atomic E-state index is 12.5. The highest BCUT2D eigenvalue weighted by molar-refractivity contribution is 5.77. The Balaban J connectivity index is 1.33. The van der Waals surface area contributed by atoms with Crippen molar-refractivity contribution in [3.05, 3.63) is 42.2 Å². The Kier molecular flexibility index (Phi) is 5.09. The Morgan fingerprint density at radius 3 is 2.54 bits per heavy atom. The lowest BCUT2D eigenvalue weighted by molar-refractivity contribution is -0.139. The van der Waals surface area contributed by atoms with Gasteiger partial charge in [0.05, 0.1) is 0 Å². The molecule has 0 N–H and O–H groups in total. The van der Waals surface area contributed by atoms with Gasteiger partial charge in [0.15, 0.2) is 0 Å². The minimum atomic E-state index is 0.374. The number of likely N-dealkylation sites (tertiary alicyclic amines) is 1. The summed E-state index contributed by atoms with van der Waals surface area (Å²) in [6.45, 7) is 4.86. The van der Waals surface area contributed by atoms with E-state index in [1.54, 1.807) is 0 Å². The molecule has 1 saturated heterocycles. The van der Waals surface area contributed by atoms with E-state index in [4.69, 9.17) is 0 Å².